The summed E-state index contributed by atoms with van der Waals surface area (Å²) in [5.41, 5.74) is 1.19. The van der Waals surface area contributed by atoms with E-state index >= 15 is 0 Å². The molecule has 2 saturated heterocycles. The van der Waals surface area contributed by atoms with Gasteiger partial charge in [-0.3, -0.25) is 14.4 Å². The summed E-state index contributed by atoms with van der Waals surface area (Å²) in [5, 5.41) is 15.3. The van der Waals surface area contributed by atoms with Crippen LogP contribution in [0.2, 0.25) is 0 Å². The standard InChI is InChI=1S/C22H29N3O4/c26-18-3-1-2-15(10-18)4-5-20(28)25-13-22(14-25)8-6-17(7-9-22)24-21(29)16-11-19(27)23-12-16/h1-3,10,16-17,26H,4-9,11-14H2,(H,23,27)(H,24,29). The van der Waals surface area contributed by atoms with Crippen molar-refractivity contribution in [3.8, 4) is 5.75 Å². The minimum absolute atomic E-state index is 0.0123. The van der Waals surface area contributed by atoms with Gasteiger partial charge in [0.1, 0.15) is 5.75 Å². The molecule has 1 unspecified atom stereocenters. The fourth-order valence-electron chi connectivity index (χ4n) is 4.86. The molecule has 1 saturated carbocycles. The fraction of sp³-hybridized carbons (Fsp3) is 0.591. The van der Waals surface area contributed by atoms with Crippen molar-refractivity contribution < 1.29 is 19.5 Å². The summed E-state index contributed by atoms with van der Waals surface area (Å²) in [4.78, 5) is 38.0. The Hall–Kier alpha value is -2.57. The summed E-state index contributed by atoms with van der Waals surface area (Å²) >= 11 is 0. The van der Waals surface area contributed by atoms with Crippen LogP contribution in [0.15, 0.2) is 24.3 Å². The van der Waals surface area contributed by atoms with Gasteiger partial charge in [0.2, 0.25) is 17.7 Å². The number of hydrogen-bond donors (Lipinski definition) is 3. The molecule has 29 heavy (non-hydrogen) atoms. The van der Waals surface area contributed by atoms with Crippen molar-refractivity contribution in [1.29, 1.82) is 0 Å². The highest BCUT2D eigenvalue weighted by atomic mass is 16.3. The van der Waals surface area contributed by atoms with Crippen LogP contribution in [0, 0.1) is 11.3 Å². The maximum atomic E-state index is 12.5. The Morgan fingerprint density at radius 1 is 1.24 bits per heavy atom. The second-order valence-electron chi connectivity index (χ2n) is 8.91. The van der Waals surface area contributed by atoms with Crippen molar-refractivity contribution in [2.24, 2.45) is 11.3 Å². The van der Waals surface area contributed by atoms with E-state index in [4.69, 9.17) is 0 Å². The third-order valence-electron chi connectivity index (χ3n) is 6.68. The highest BCUT2D eigenvalue weighted by molar-refractivity contribution is 5.89. The molecule has 2 heterocycles. The molecule has 7 heteroatoms. The molecular formula is C22H29N3O4. The summed E-state index contributed by atoms with van der Waals surface area (Å²) in [6, 6.07) is 7.24. The van der Waals surface area contributed by atoms with Gasteiger partial charge in [-0.15, -0.1) is 0 Å². The van der Waals surface area contributed by atoms with E-state index in [-0.39, 0.29) is 40.8 Å². The van der Waals surface area contributed by atoms with Crippen LogP contribution in [0.5, 0.6) is 5.75 Å². The van der Waals surface area contributed by atoms with E-state index in [1.54, 1.807) is 18.2 Å². The maximum Gasteiger partial charge on any atom is 0.225 e. The summed E-state index contributed by atoms with van der Waals surface area (Å²) in [6.07, 6.45) is 5.32. The van der Waals surface area contributed by atoms with E-state index in [1.165, 1.54) is 0 Å². The molecule has 0 radical (unpaired) electrons. The van der Waals surface area contributed by atoms with Crippen molar-refractivity contribution in [2.75, 3.05) is 19.6 Å². The lowest BCUT2D eigenvalue weighted by atomic mass is 9.67. The molecule has 1 aromatic rings. The summed E-state index contributed by atoms with van der Waals surface area (Å²) in [7, 11) is 0. The largest absolute Gasteiger partial charge is 0.508 e. The van der Waals surface area contributed by atoms with Gasteiger partial charge in [-0.25, -0.2) is 0 Å². The third kappa shape index (κ3) is 4.54. The number of aromatic hydroxyl groups is 1. The van der Waals surface area contributed by atoms with Crippen molar-refractivity contribution >= 4 is 17.7 Å². The number of amides is 3. The van der Waals surface area contributed by atoms with Gasteiger partial charge in [-0.05, 0) is 49.8 Å². The van der Waals surface area contributed by atoms with Crippen LogP contribution < -0.4 is 10.6 Å². The fourth-order valence-corrected chi connectivity index (χ4v) is 4.86. The molecule has 7 nitrogen and oxygen atoms in total. The molecule has 1 atom stereocenters. The number of carbonyl (C=O) groups is 3. The zero-order chi connectivity index (χ0) is 20.4. The first kappa shape index (κ1) is 19.7. The Bertz CT molecular complexity index is 793. The molecule has 1 aliphatic carbocycles. The van der Waals surface area contributed by atoms with E-state index in [1.807, 2.05) is 11.0 Å². The number of aryl methyl sites for hydroxylation is 1. The first-order valence-corrected chi connectivity index (χ1v) is 10.6. The normalized spacial score (nSPS) is 23.5. The van der Waals surface area contributed by atoms with Crippen LogP contribution in [0.25, 0.3) is 0 Å². The monoisotopic (exact) mass is 399 g/mol. The van der Waals surface area contributed by atoms with E-state index < -0.39 is 0 Å². The van der Waals surface area contributed by atoms with Gasteiger partial charge in [0.15, 0.2) is 0 Å². The molecule has 156 valence electrons. The van der Waals surface area contributed by atoms with Crippen molar-refractivity contribution in [3.63, 3.8) is 0 Å². The highest BCUT2D eigenvalue weighted by Crippen LogP contribution is 2.44. The molecule has 3 N–H and O–H groups in total. The van der Waals surface area contributed by atoms with Gasteiger partial charge in [0.25, 0.3) is 0 Å². The average Bonchev–Trinajstić information content (AvgIpc) is 3.12. The number of nitrogens with one attached hydrogen (secondary N) is 2. The Kier molecular flexibility index (Phi) is 5.48. The Balaban J connectivity index is 1.17. The summed E-state index contributed by atoms with van der Waals surface area (Å²) in [6.45, 7) is 2.07. The van der Waals surface area contributed by atoms with E-state index in [0.29, 0.717) is 25.8 Å². The Labute approximate surface area is 170 Å². The van der Waals surface area contributed by atoms with Gasteiger partial charge in [-0.2, -0.15) is 0 Å². The number of rotatable bonds is 5. The predicted molar refractivity (Wildman–Crippen MR) is 107 cm³/mol. The molecule has 1 aromatic carbocycles. The van der Waals surface area contributed by atoms with Gasteiger partial charge in [-0.1, -0.05) is 12.1 Å². The van der Waals surface area contributed by atoms with Crippen LogP contribution in [0.4, 0.5) is 0 Å². The SMILES string of the molecule is O=C1CC(C(=O)NC2CCC3(CC2)CN(C(=O)CCc2cccc(O)c2)C3)CN1. The molecule has 3 amide bonds. The molecular weight excluding hydrogens is 370 g/mol. The van der Waals surface area contributed by atoms with Gasteiger partial charge in [0, 0.05) is 43.9 Å². The Morgan fingerprint density at radius 3 is 2.66 bits per heavy atom. The zero-order valence-electron chi connectivity index (χ0n) is 16.7. The molecule has 0 bridgehead atoms. The molecule has 0 aromatic heterocycles. The quantitative estimate of drug-likeness (QED) is 0.696. The number of phenols is 1. The van der Waals surface area contributed by atoms with E-state index in [0.717, 1.165) is 44.3 Å². The molecule has 4 rings (SSSR count). The van der Waals surface area contributed by atoms with E-state index in [2.05, 4.69) is 10.6 Å². The van der Waals surface area contributed by atoms with Gasteiger partial charge >= 0.3 is 0 Å². The minimum atomic E-state index is -0.235. The number of likely N-dealkylation sites (tertiary alicyclic amines) is 1. The van der Waals surface area contributed by atoms with Crippen LogP contribution in [0.3, 0.4) is 0 Å². The van der Waals surface area contributed by atoms with Crippen LogP contribution in [0.1, 0.15) is 44.1 Å². The number of hydrogen-bond acceptors (Lipinski definition) is 4. The predicted octanol–water partition coefficient (Wildman–Crippen LogP) is 1.35. The lowest BCUT2D eigenvalue weighted by Gasteiger charge is -2.53. The average molecular weight is 399 g/mol. The number of benzene rings is 1. The van der Waals surface area contributed by atoms with Gasteiger partial charge < -0.3 is 20.6 Å². The van der Waals surface area contributed by atoms with Crippen molar-refractivity contribution in [2.45, 2.75) is 51.0 Å². The van der Waals surface area contributed by atoms with Gasteiger partial charge in [0.05, 0.1) is 5.92 Å². The van der Waals surface area contributed by atoms with Crippen molar-refractivity contribution in [3.05, 3.63) is 29.8 Å². The molecule has 3 aliphatic rings. The lowest BCUT2D eigenvalue weighted by Crippen LogP contribution is -2.60. The second kappa shape index (κ2) is 8.05. The van der Waals surface area contributed by atoms with E-state index in [9.17, 15) is 19.5 Å². The second-order valence-corrected chi connectivity index (χ2v) is 8.91. The topological polar surface area (TPSA) is 98.7 Å². The summed E-state index contributed by atoms with van der Waals surface area (Å²) < 4.78 is 0. The number of phenolic OH excluding ortho intramolecular Hbond substituents is 1. The minimum Gasteiger partial charge on any atom is -0.508 e. The zero-order valence-corrected chi connectivity index (χ0v) is 16.7. The number of nitrogens with zero attached hydrogens (tertiary/aromatic N) is 1. The third-order valence-corrected chi connectivity index (χ3v) is 6.68. The first-order valence-electron chi connectivity index (χ1n) is 10.6. The smallest absolute Gasteiger partial charge is 0.225 e. The Morgan fingerprint density at radius 2 is 2.00 bits per heavy atom. The van der Waals surface area contributed by atoms with Crippen LogP contribution in [-0.2, 0) is 20.8 Å². The van der Waals surface area contributed by atoms with Crippen LogP contribution in [-0.4, -0.2) is 53.4 Å². The first-order chi connectivity index (χ1) is 13.9. The van der Waals surface area contributed by atoms with Crippen LogP contribution >= 0.6 is 0 Å². The molecule has 3 fully saturated rings. The molecule has 2 aliphatic heterocycles. The molecule has 1 spiro atoms. The lowest BCUT2D eigenvalue weighted by molar-refractivity contribution is -0.146. The highest BCUT2D eigenvalue weighted by Gasteiger charge is 2.46. The van der Waals surface area contributed by atoms with Crippen molar-refractivity contribution in [1.82, 2.24) is 15.5 Å². The number of carbonyl (C=O) groups excluding carboxylic acids is 3. The summed E-state index contributed by atoms with van der Waals surface area (Å²) in [5.74, 6) is 0.115. The maximum absolute atomic E-state index is 12.5.